The van der Waals surface area contributed by atoms with E-state index in [1.807, 2.05) is 13.8 Å². The van der Waals surface area contributed by atoms with Crippen molar-refractivity contribution in [3.8, 4) is 0 Å². The smallest absolute Gasteiger partial charge is 0.305 e. The molecule has 1 aliphatic heterocycles. The highest BCUT2D eigenvalue weighted by Crippen LogP contribution is 2.19. The van der Waals surface area contributed by atoms with Gasteiger partial charge in [-0.15, -0.1) is 0 Å². The Hall–Kier alpha value is -1.28. The molecule has 0 spiro atoms. The number of thioether (sulfide) groups is 1. The van der Waals surface area contributed by atoms with Crippen molar-refractivity contribution in [1.82, 2.24) is 10.2 Å². The van der Waals surface area contributed by atoms with Crippen LogP contribution in [-0.4, -0.2) is 64.5 Å². The standard InChI is InChI=1S/C13H23N3O4S/c1-8(2)12(14)13(20)15-6-10(17)16-3-4-21-7-9(16)5-11(18)19/h8-9,12H,3-7,14H2,1-2H3,(H,15,20)(H,18,19)/t9?,12-/m0/s1. The maximum absolute atomic E-state index is 12.2. The lowest BCUT2D eigenvalue weighted by Crippen LogP contribution is -2.52. The third-order valence-corrected chi connectivity index (χ3v) is 4.48. The van der Waals surface area contributed by atoms with Crippen molar-refractivity contribution >= 4 is 29.5 Å². The zero-order chi connectivity index (χ0) is 16.0. The van der Waals surface area contributed by atoms with E-state index in [0.717, 1.165) is 5.75 Å². The van der Waals surface area contributed by atoms with Gasteiger partial charge in [0, 0.05) is 18.1 Å². The Kier molecular flexibility index (Phi) is 6.97. The van der Waals surface area contributed by atoms with Gasteiger partial charge in [-0.1, -0.05) is 13.8 Å². The zero-order valence-electron chi connectivity index (χ0n) is 12.4. The number of amides is 2. The summed E-state index contributed by atoms with van der Waals surface area (Å²) in [5, 5.41) is 11.4. The molecule has 1 fully saturated rings. The number of nitrogens with two attached hydrogens (primary N) is 1. The summed E-state index contributed by atoms with van der Waals surface area (Å²) in [5.41, 5.74) is 5.70. The van der Waals surface area contributed by atoms with Crippen LogP contribution in [0.4, 0.5) is 0 Å². The van der Waals surface area contributed by atoms with Gasteiger partial charge in [0.05, 0.1) is 25.0 Å². The highest BCUT2D eigenvalue weighted by molar-refractivity contribution is 7.99. The largest absolute Gasteiger partial charge is 0.481 e. The van der Waals surface area contributed by atoms with E-state index in [-0.39, 0.29) is 36.7 Å². The van der Waals surface area contributed by atoms with E-state index in [1.165, 1.54) is 0 Å². The molecule has 0 bridgehead atoms. The van der Waals surface area contributed by atoms with Crippen molar-refractivity contribution in [3.63, 3.8) is 0 Å². The van der Waals surface area contributed by atoms with Crippen LogP contribution in [0.2, 0.25) is 0 Å². The molecule has 2 atom stereocenters. The Bertz CT molecular complexity index is 403. The van der Waals surface area contributed by atoms with E-state index < -0.39 is 12.0 Å². The number of carboxylic acids is 1. The van der Waals surface area contributed by atoms with Crippen molar-refractivity contribution < 1.29 is 19.5 Å². The lowest BCUT2D eigenvalue weighted by Gasteiger charge is -2.34. The van der Waals surface area contributed by atoms with Gasteiger partial charge in [0.2, 0.25) is 11.8 Å². The fourth-order valence-electron chi connectivity index (χ4n) is 2.04. The van der Waals surface area contributed by atoms with Gasteiger partial charge in [-0.3, -0.25) is 14.4 Å². The molecule has 1 heterocycles. The van der Waals surface area contributed by atoms with Gasteiger partial charge in [0.1, 0.15) is 0 Å². The molecule has 0 radical (unpaired) electrons. The van der Waals surface area contributed by atoms with E-state index in [4.69, 9.17) is 10.8 Å². The van der Waals surface area contributed by atoms with Gasteiger partial charge in [-0.25, -0.2) is 0 Å². The summed E-state index contributed by atoms with van der Waals surface area (Å²) in [6, 6.07) is -0.964. The van der Waals surface area contributed by atoms with Crippen LogP contribution < -0.4 is 11.1 Å². The quantitative estimate of drug-likeness (QED) is 0.609. The molecule has 1 aliphatic rings. The van der Waals surface area contributed by atoms with Gasteiger partial charge in [-0.2, -0.15) is 11.8 Å². The van der Waals surface area contributed by atoms with Gasteiger partial charge in [0.15, 0.2) is 0 Å². The van der Waals surface area contributed by atoms with Gasteiger partial charge >= 0.3 is 5.97 Å². The summed E-state index contributed by atoms with van der Waals surface area (Å²) in [6.07, 6.45) is -0.0712. The summed E-state index contributed by atoms with van der Waals surface area (Å²) >= 11 is 1.63. The first-order chi connectivity index (χ1) is 9.82. The molecule has 8 heteroatoms. The first-order valence-electron chi connectivity index (χ1n) is 6.95. The van der Waals surface area contributed by atoms with E-state index >= 15 is 0 Å². The number of hydrogen-bond donors (Lipinski definition) is 3. The topological polar surface area (TPSA) is 113 Å². The molecular formula is C13H23N3O4S. The maximum atomic E-state index is 12.2. The minimum atomic E-state index is -0.925. The van der Waals surface area contributed by atoms with Crippen molar-refractivity contribution in [3.05, 3.63) is 0 Å². The van der Waals surface area contributed by atoms with E-state index in [9.17, 15) is 14.4 Å². The molecule has 1 saturated heterocycles. The van der Waals surface area contributed by atoms with E-state index in [0.29, 0.717) is 12.3 Å². The molecule has 120 valence electrons. The number of carboxylic acid groups (broad SMARTS) is 1. The Morgan fingerprint density at radius 1 is 1.43 bits per heavy atom. The fourth-order valence-corrected chi connectivity index (χ4v) is 3.10. The fraction of sp³-hybridized carbons (Fsp3) is 0.769. The summed E-state index contributed by atoms with van der Waals surface area (Å²) < 4.78 is 0. The number of carbonyl (C=O) groups is 3. The minimum absolute atomic E-state index is 0.00810. The molecule has 21 heavy (non-hydrogen) atoms. The first-order valence-corrected chi connectivity index (χ1v) is 8.10. The average Bonchev–Trinajstić information content (AvgIpc) is 2.43. The normalized spacial score (nSPS) is 20.2. The van der Waals surface area contributed by atoms with Crippen LogP contribution in [0.1, 0.15) is 20.3 Å². The lowest BCUT2D eigenvalue weighted by atomic mass is 10.1. The molecule has 0 aromatic rings. The van der Waals surface area contributed by atoms with Gasteiger partial charge in [0.25, 0.3) is 0 Å². The van der Waals surface area contributed by atoms with Crippen molar-refractivity contribution in [2.24, 2.45) is 11.7 Å². The average molecular weight is 317 g/mol. The summed E-state index contributed by atoms with van der Waals surface area (Å²) in [7, 11) is 0. The van der Waals surface area contributed by atoms with Gasteiger partial charge in [-0.05, 0) is 5.92 Å². The molecule has 1 rings (SSSR count). The number of nitrogens with one attached hydrogen (secondary N) is 1. The lowest BCUT2D eigenvalue weighted by molar-refractivity contribution is -0.141. The van der Waals surface area contributed by atoms with Crippen LogP contribution in [0, 0.1) is 5.92 Å². The van der Waals surface area contributed by atoms with Gasteiger partial charge < -0.3 is 21.1 Å². The summed E-state index contributed by atoms with van der Waals surface area (Å²) in [5.74, 6) is -0.165. The van der Waals surface area contributed by atoms with Crippen molar-refractivity contribution in [2.45, 2.75) is 32.4 Å². The third-order valence-electron chi connectivity index (χ3n) is 3.39. The second kappa shape index (κ2) is 8.23. The Balaban J connectivity index is 2.52. The zero-order valence-corrected chi connectivity index (χ0v) is 13.2. The van der Waals surface area contributed by atoms with Crippen LogP contribution >= 0.6 is 11.8 Å². The maximum Gasteiger partial charge on any atom is 0.305 e. The third kappa shape index (κ3) is 5.55. The number of rotatable bonds is 6. The van der Waals surface area contributed by atoms with E-state index in [2.05, 4.69) is 5.32 Å². The number of carbonyl (C=O) groups excluding carboxylic acids is 2. The number of hydrogen-bond acceptors (Lipinski definition) is 5. The SMILES string of the molecule is CC(C)[C@H](N)C(=O)NCC(=O)N1CCSCC1CC(=O)O. The molecule has 1 unspecified atom stereocenters. The number of aliphatic carboxylic acids is 1. The Labute approximate surface area is 128 Å². The van der Waals surface area contributed by atoms with Crippen molar-refractivity contribution in [2.75, 3.05) is 24.6 Å². The Morgan fingerprint density at radius 3 is 2.67 bits per heavy atom. The van der Waals surface area contributed by atoms with E-state index in [1.54, 1.807) is 16.7 Å². The second-order valence-electron chi connectivity index (χ2n) is 5.40. The van der Waals surface area contributed by atoms with Crippen molar-refractivity contribution in [1.29, 1.82) is 0 Å². The molecular weight excluding hydrogens is 294 g/mol. The molecule has 0 aromatic carbocycles. The minimum Gasteiger partial charge on any atom is -0.481 e. The molecule has 7 nitrogen and oxygen atoms in total. The monoisotopic (exact) mass is 317 g/mol. The molecule has 4 N–H and O–H groups in total. The predicted molar refractivity (Wildman–Crippen MR) is 80.9 cm³/mol. The first kappa shape index (κ1) is 17.8. The predicted octanol–water partition coefficient (Wildman–Crippen LogP) is -0.495. The summed E-state index contributed by atoms with van der Waals surface area (Å²) in [4.78, 5) is 36.3. The van der Waals surface area contributed by atoms with Crippen LogP contribution in [0.15, 0.2) is 0 Å². The van der Waals surface area contributed by atoms with Crippen LogP contribution in [0.5, 0.6) is 0 Å². The summed E-state index contributed by atoms with van der Waals surface area (Å²) in [6.45, 7) is 4.03. The molecule has 0 saturated carbocycles. The highest BCUT2D eigenvalue weighted by atomic mass is 32.2. The highest BCUT2D eigenvalue weighted by Gasteiger charge is 2.29. The molecule has 0 aliphatic carbocycles. The molecule has 2 amide bonds. The number of nitrogens with zero attached hydrogens (tertiary/aromatic N) is 1. The second-order valence-corrected chi connectivity index (χ2v) is 6.55. The van der Waals surface area contributed by atoms with Crippen LogP contribution in [0.25, 0.3) is 0 Å². The van der Waals surface area contributed by atoms with Crippen LogP contribution in [-0.2, 0) is 14.4 Å². The Morgan fingerprint density at radius 2 is 2.10 bits per heavy atom. The molecule has 0 aromatic heterocycles. The van der Waals surface area contributed by atoms with Crippen LogP contribution in [0.3, 0.4) is 0 Å².